The zero-order valence-electron chi connectivity index (χ0n) is 10.1. The Balaban J connectivity index is 3.85. The zero-order valence-corrected chi connectivity index (χ0v) is 10.1. The van der Waals surface area contributed by atoms with Gasteiger partial charge in [-0.3, -0.25) is 4.79 Å². The zero-order chi connectivity index (χ0) is 11.0. The van der Waals surface area contributed by atoms with Gasteiger partial charge in [-0.25, -0.2) is 0 Å². The number of nitrogens with one attached hydrogen (secondary N) is 1. The molecule has 2 atom stereocenters. The van der Waals surface area contributed by atoms with Gasteiger partial charge in [0, 0.05) is 12.5 Å². The fourth-order valence-corrected chi connectivity index (χ4v) is 1.55. The summed E-state index contributed by atoms with van der Waals surface area (Å²) in [5, 5.41) is 3.11. The van der Waals surface area contributed by atoms with Crippen molar-refractivity contribution in [2.24, 2.45) is 5.92 Å². The Morgan fingerprint density at radius 1 is 1.21 bits per heavy atom. The standard InChI is InChI=1S/C12H25NO/c1-5-8-9-12(14)13-11(7-3)10(4)6-2/h10-11H,5-9H2,1-4H3,(H,13,14). The summed E-state index contributed by atoms with van der Waals surface area (Å²) < 4.78 is 0. The third-order valence-electron chi connectivity index (χ3n) is 2.87. The summed E-state index contributed by atoms with van der Waals surface area (Å²) in [5.74, 6) is 0.810. The molecule has 0 rings (SSSR count). The summed E-state index contributed by atoms with van der Waals surface area (Å²) in [5.41, 5.74) is 0. The van der Waals surface area contributed by atoms with Crippen LogP contribution in [0.5, 0.6) is 0 Å². The van der Waals surface area contributed by atoms with Crippen LogP contribution >= 0.6 is 0 Å². The molecule has 0 aromatic carbocycles. The van der Waals surface area contributed by atoms with Gasteiger partial charge >= 0.3 is 0 Å². The molecular weight excluding hydrogens is 174 g/mol. The van der Waals surface area contributed by atoms with E-state index in [1.54, 1.807) is 0 Å². The Morgan fingerprint density at radius 3 is 2.29 bits per heavy atom. The van der Waals surface area contributed by atoms with E-state index in [1.807, 2.05) is 0 Å². The van der Waals surface area contributed by atoms with Gasteiger partial charge < -0.3 is 5.32 Å². The molecule has 14 heavy (non-hydrogen) atoms. The molecule has 84 valence electrons. The lowest BCUT2D eigenvalue weighted by Crippen LogP contribution is -2.38. The molecule has 0 heterocycles. The molecule has 0 aliphatic carbocycles. The van der Waals surface area contributed by atoms with Gasteiger partial charge in [0.15, 0.2) is 0 Å². The van der Waals surface area contributed by atoms with Crippen molar-refractivity contribution in [2.75, 3.05) is 0 Å². The van der Waals surface area contributed by atoms with Crippen molar-refractivity contribution >= 4 is 5.91 Å². The van der Waals surface area contributed by atoms with Crippen LogP contribution in [-0.4, -0.2) is 11.9 Å². The molecule has 2 unspecified atom stereocenters. The van der Waals surface area contributed by atoms with E-state index in [1.165, 1.54) is 0 Å². The third-order valence-corrected chi connectivity index (χ3v) is 2.87. The molecule has 0 aliphatic rings. The maximum absolute atomic E-state index is 11.5. The van der Waals surface area contributed by atoms with Crippen LogP contribution in [0.2, 0.25) is 0 Å². The fourth-order valence-electron chi connectivity index (χ4n) is 1.55. The minimum absolute atomic E-state index is 0.221. The van der Waals surface area contributed by atoms with E-state index in [4.69, 9.17) is 0 Å². The lowest BCUT2D eigenvalue weighted by molar-refractivity contribution is -0.122. The summed E-state index contributed by atoms with van der Waals surface area (Å²) in [6.45, 7) is 8.62. The van der Waals surface area contributed by atoms with E-state index in [0.717, 1.165) is 25.7 Å². The number of hydrogen-bond donors (Lipinski definition) is 1. The van der Waals surface area contributed by atoms with Crippen molar-refractivity contribution in [1.82, 2.24) is 5.32 Å². The van der Waals surface area contributed by atoms with Gasteiger partial charge in [0.2, 0.25) is 5.91 Å². The first-order valence-corrected chi connectivity index (χ1v) is 5.94. The second-order valence-corrected chi connectivity index (χ2v) is 4.07. The molecular formula is C12H25NO. The number of hydrogen-bond acceptors (Lipinski definition) is 1. The minimum Gasteiger partial charge on any atom is -0.353 e. The average molecular weight is 199 g/mol. The van der Waals surface area contributed by atoms with Crippen molar-refractivity contribution in [1.29, 1.82) is 0 Å². The van der Waals surface area contributed by atoms with Crippen LogP contribution in [0.3, 0.4) is 0 Å². The maximum atomic E-state index is 11.5. The van der Waals surface area contributed by atoms with E-state index in [-0.39, 0.29) is 5.91 Å². The molecule has 0 bridgehead atoms. The van der Waals surface area contributed by atoms with Crippen molar-refractivity contribution in [3.05, 3.63) is 0 Å². The number of unbranched alkanes of at least 4 members (excludes halogenated alkanes) is 1. The molecule has 0 spiro atoms. The van der Waals surface area contributed by atoms with Crippen molar-refractivity contribution in [3.8, 4) is 0 Å². The molecule has 0 saturated carbocycles. The second kappa shape index (κ2) is 7.84. The van der Waals surface area contributed by atoms with E-state index < -0.39 is 0 Å². The Labute approximate surface area is 88.5 Å². The molecule has 0 aromatic heterocycles. The highest BCUT2D eigenvalue weighted by atomic mass is 16.1. The van der Waals surface area contributed by atoms with E-state index in [9.17, 15) is 4.79 Å². The van der Waals surface area contributed by atoms with Gasteiger partial charge in [-0.1, -0.05) is 40.5 Å². The molecule has 0 aliphatic heterocycles. The first kappa shape index (κ1) is 13.5. The highest BCUT2D eigenvalue weighted by molar-refractivity contribution is 5.76. The first-order valence-electron chi connectivity index (χ1n) is 5.94. The maximum Gasteiger partial charge on any atom is 0.220 e. The predicted octanol–water partition coefficient (Wildman–Crippen LogP) is 3.12. The first-order chi connectivity index (χ1) is 6.65. The third kappa shape index (κ3) is 5.25. The van der Waals surface area contributed by atoms with Crippen molar-refractivity contribution < 1.29 is 4.79 Å². The number of rotatable bonds is 7. The minimum atomic E-state index is 0.221. The highest BCUT2D eigenvalue weighted by Crippen LogP contribution is 2.11. The van der Waals surface area contributed by atoms with Gasteiger partial charge in [0.05, 0.1) is 0 Å². The molecule has 1 amide bonds. The SMILES string of the molecule is CCCCC(=O)NC(CC)C(C)CC. The van der Waals surface area contributed by atoms with Crippen LogP contribution in [0.15, 0.2) is 0 Å². The average Bonchev–Trinajstić information content (AvgIpc) is 2.21. The van der Waals surface area contributed by atoms with Gasteiger partial charge in [0.25, 0.3) is 0 Å². The summed E-state index contributed by atoms with van der Waals surface area (Å²) >= 11 is 0. The largest absolute Gasteiger partial charge is 0.353 e. The monoisotopic (exact) mass is 199 g/mol. The molecule has 0 saturated heterocycles. The summed E-state index contributed by atoms with van der Waals surface area (Å²) in [4.78, 5) is 11.5. The summed E-state index contributed by atoms with van der Waals surface area (Å²) in [7, 11) is 0. The smallest absolute Gasteiger partial charge is 0.220 e. The van der Waals surface area contributed by atoms with Crippen LogP contribution in [0.1, 0.15) is 59.8 Å². The van der Waals surface area contributed by atoms with E-state index >= 15 is 0 Å². The Kier molecular flexibility index (Phi) is 7.54. The van der Waals surface area contributed by atoms with Gasteiger partial charge in [-0.2, -0.15) is 0 Å². The van der Waals surface area contributed by atoms with Gasteiger partial charge in [-0.05, 0) is 18.8 Å². The van der Waals surface area contributed by atoms with E-state index in [0.29, 0.717) is 18.4 Å². The fraction of sp³-hybridized carbons (Fsp3) is 0.917. The van der Waals surface area contributed by atoms with Crippen LogP contribution in [0.4, 0.5) is 0 Å². The molecule has 0 radical (unpaired) electrons. The lowest BCUT2D eigenvalue weighted by Gasteiger charge is -2.22. The lowest BCUT2D eigenvalue weighted by atomic mass is 9.97. The number of amides is 1. The molecule has 0 fully saturated rings. The van der Waals surface area contributed by atoms with Crippen molar-refractivity contribution in [2.45, 2.75) is 65.8 Å². The highest BCUT2D eigenvalue weighted by Gasteiger charge is 2.15. The topological polar surface area (TPSA) is 29.1 Å². The molecule has 0 aromatic rings. The second-order valence-electron chi connectivity index (χ2n) is 4.07. The van der Waals surface area contributed by atoms with Crippen LogP contribution < -0.4 is 5.32 Å². The van der Waals surface area contributed by atoms with Gasteiger partial charge in [0.1, 0.15) is 0 Å². The normalized spacial score (nSPS) is 14.9. The van der Waals surface area contributed by atoms with Crippen molar-refractivity contribution in [3.63, 3.8) is 0 Å². The van der Waals surface area contributed by atoms with Gasteiger partial charge in [-0.15, -0.1) is 0 Å². The summed E-state index contributed by atoms with van der Waals surface area (Å²) in [6, 6.07) is 0.365. The van der Waals surface area contributed by atoms with Crippen LogP contribution in [-0.2, 0) is 4.79 Å². The molecule has 2 nitrogen and oxygen atoms in total. The predicted molar refractivity (Wildman–Crippen MR) is 61.2 cm³/mol. The Hall–Kier alpha value is -0.530. The Bertz CT molecular complexity index is 156. The number of carbonyl (C=O) groups is 1. The molecule has 1 N–H and O–H groups in total. The summed E-state index contributed by atoms with van der Waals surface area (Å²) in [6.07, 6.45) is 4.94. The van der Waals surface area contributed by atoms with Crippen LogP contribution in [0.25, 0.3) is 0 Å². The molecule has 2 heteroatoms. The Morgan fingerprint density at radius 2 is 1.86 bits per heavy atom. The van der Waals surface area contributed by atoms with E-state index in [2.05, 4.69) is 33.0 Å². The number of carbonyl (C=O) groups excluding carboxylic acids is 1. The quantitative estimate of drug-likeness (QED) is 0.670. The van der Waals surface area contributed by atoms with Crippen LogP contribution in [0, 0.1) is 5.92 Å².